The number of hydrogen-bond donors (Lipinski definition) is 0. The zero-order valence-corrected chi connectivity index (χ0v) is 11.4. The van der Waals surface area contributed by atoms with Crippen molar-refractivity contribution in [3.05, 3.63) is 0 Å². The first-order valence-electron chi connectivity index (χ1n) is 8.00. The summed E-state index contributed by atoms with van der Waals surface area (Å²) >= 11 is 0. The largest absolute Gasteiger partial charge is 0.374 e. The van der Waals surface area contributed by atoms with Crippen molar-refractivity contribution in [3.8, 4) is 0 Å². The molecular weight excluding hydrogens is 224 g/mol. The molecule has 4 rings (SSSR count). The third-order valence-electron chi connectivity index (χ3n) is 5.71. The molecular formula is C15H26N2O. The van der Waals surface area contributed by atoms with Crippen LogP contribution in [0.15, 0.2) is 0 Å². The summed E-state index contributed by atoms with van der Waals surface area (Å²) in [6.45, 7) is 7.92. The van der Waals surface area contributed by atoms with Crippen LogP contribution in [0.25, 0.3) is 0 Å². The van der Waals surface area contributed by atoms with Gasteiger partial charge in [-0.1, -0.05) is 6.42 Å². The third kappa shape index (κ3) is 2.00. The molecule has 0 aliphatic carbocycles. The summed E-state index contributed by atoms with van der Waals surface area (Å²) < 4.78 is 6.04. The number of fused-ring (bicyclic) bond motifs is 5. The minimum atomic E-state index is 0.625. The normalized spacial score (nSPS) is 44.7. The van der Waals surface area contributed by atoms with E-state index in [1.54, 1.807) is 0 Å². The van der Waals surface area contributed by atoms with E-state index < -0.39 is 0 Å². The average Bonchev–Trinajstić information content (AvgIpc) is 3.10. The van der Waals surface area contributed by atoms with Gasteiger partial charge in [-0.15, -0.1) is 0 Å². The van der Waals surface area contributed by atoms with Gasteiger partial charge in [-0.25, -0.2) is 0 Å². The van der Waals surface area contributed by atoms with Crippen LogP contribution in [0.5, 0.6) is 0 Å². The first kappa shape index (κ1) is 11.7. The summed E-state index contributed by atoms with van der Waals surface area (Å²) in [6.07, 6.45) is 8.22. The topological polar surface area (TPSA) is 15.7 Å². The highest BCUT2D eigenvalue weighted by molar-refractivity contribution is 5.02. The second-order valence-electron chi connectivity index (χ2n) is 6.78. The highest BCUT2D eigenvalue weighted by Gasteiger charge is 2.52. The fraction of sp³-hybridized carbons (Fsp3) is 1.00. The summed E-state index contributed by atoms with van der Waals surface area (Å²) in [4.78, 5) is 5.39. The molecule has 102 valence electrons. The molecule has 4 atom stereocenters. The van der Waals surface area contributed by atoms with E-state index in [1.165, 1.54) is 71.4 Å². The first-order valence-corrected chi connectivity index (χ1v) is 8.00. The Kier molecular flexibility index (Phi) is 3.10. The summed E-state index contributed by atoms with van der Waals surface area (Å²) in [5.74, 6) is 1.76. The molecule has 0 saturated carbocycles. The average molecular weight is 250 g/mol. The summed E-state index contributed by atoms with van der Waals surface area (Å²) in [6, 6.07) is 0. The predicted molar refractivity (Wildman–Crippen MR) is 71.6 cm³/mol. The summed E-state index contributed by atoms with van der Waals surface area (Å²) in [5.41, 5.74) is 0. The molecule has 0 aromatic heterocycles. The minimum absolute atomic E-state index is 0.625. The Bertz CT molecular complexity index is 285. The fourth-order valence-electron chi connectivity index (χ4n) is 4.70. The van der Waals surface area contributed by atoms with Gasteiger partial charge in [0.25, 0.3) is 0 Å². The molecule has 0 aromatic carbocycles. The monoisotopic (exact) mass is 250 g/mol. The number of likely N-dealkylation sites (tertiary alicyclic amines) is 2. The lowest BCUT2D eigenvalue weighted by molar-refractivity contribution is 0.0687. The number of rotatable bonds is 3. The molecule has 0 spiro atoms. The number of hydrogen-bond acceptors (Lipinski definition) is 3. The van der Waals surface area contributed by atoms with E-state index in [4.69, 9.17) is 4.74 Å². The van der Waals surface area contributed by atoms with Gasteiger partial charge in [0.2, 0.25) is 0 Å². The molecule has 4 fully saturated rings. The molecule has 3 nitrogen and oxygen atoms in total. The SMILES string of the molecule is C1CCN(CCN2CC3C4CCC(O4)C3C2)CC1. The first-order chi connectivity index (χ1) is 8.90. The van der Waals surface area contributed by atoms with Crippen LogP contribution in [0.2, 0.25) is 0 Å². The molecule has 0 radical (unpaired) electrons. The lowest BCUT2D eigenvalue weighted by atomic mass is 9.82. The van der Waals surface area contributed by atoms with E-state index in [-0.39, 0.29) is 0 Å². The highest BCUT2D eigenvalue weighted by Crippen LogP contribution is 2.46. The Morgan fingerprint density at radius 2 is 1.39 bits per heavy atom. The van der Waals surface area contributed by atoms with Crippen molar-refractivity contribution in [3.63, 3.8) is 0 Å². The Morgan fingerprint density at radius 3 is 2.06 bits per heavy atom. The molecule has 0 aromatic rings. The zero-order valence-electron chi connectivity index (χ0n) is 11.4. The lowest BCUT2D eigenvalue weighted by Crippen LogP contribution is -2.37. The fourth-order valence-corrected chi connectivity index (χ4v) is 4.70. The van der Waals surface area contributed by atoms with Gasteiger partial charge in [0.1, 0.15) is 0 Å². The van der Waals surface area contributed by atoms with Crippen LogP contribution in [0.1, 0.15) is 32.1 Å². The van der Waals surface area contributed by atoms with E-state index in [2.05, 4.69) is 9.80 Å². The Hall–Kier alpha value is -0.120. The molecule has 3 heteroatoms. The van der Waals surface area contributed by atoms with Crippen LogP contribution in [0.3, 0.4) is 0 Å². The maximum Gasteiger partial charge on any atom is 0.0624 e. The van der Waals surface area contributed by atoms with E-state index in [0.29, 0.717) is 12.2 Å². The molecule has 4 aliphatic heterocycles. The standard InChI is InChI=1S/C15H26N2O/c1-2-6-16(7-3-1)8-9-17-10-12-13(11-17)15-5-4-14(12)18-15/h12-15H,1-11H2. The molecule has 0 N–H and O–H groups in total. The van der Waals surface area contributed by atoms with E-state index >= 15 is 0 Å². The van der Waals surface area contributed by atoms with Crippen LogP contribution >= 0.6 is 0 Å². The molecule has 0 amide bonds. The van der Waals surface area contributed by atoms with Crippen LogP contribution in [-0.4, -0.2) is 61.3 Å². The van der Waals surface area contributed by atoms with Gasteiger partial charge in [0, 0.05) is 38.0 Å². The molecule has 4 aliphatic rings. The maximum absolute atomic E-state index is 6.04. The zero-order chi connectivity index (χ0) is 11.9. The van der Waals surface area contributed by atoms with Crippen molar-refractivity contribution in [1.29, 1.82) is 0 Å². The molecule has 4 heterocycles. The Balaban J connectivity index is 1.27. The van der Waals surface area contributed by atoms with Gasteiger partial charge in [0.15, 0.2) is 0 Å². The third-order valence-corrected chi connectivity index (χ3v) is 5.71. The minimum Gasteiger partial charge on any atom is -0.374 e. The van der Waals surface area contributed by atoms with Crippen LogP contribution in [0.4, 0.5) is 0 Å². The van der Waals surface area contributed by atoms with E-state index in [1.807, 2.05) is 0 Å². The van der Waals surface area contributed by atoms with Crippen molar-refractivity contribution >= 4 is 0 Å². The number of ether oxygens (including phenoxy) is 1. The van der Waals surface area contributed by atoms with Crippen molar-refractivity contribution in [2.24, 2.45) is 11.8 Å². The van der Waals surface area contributed by atoms with Crippen molar-refractivity contribution < 1.29 is 4.74 Å². The van der Waals surface area contributed by atoms with Crippen molar-refractivity contribution in [2.75, 3.05) is 39.3 Å². The summed E-state index contributed by atoms with van der Waals surface area (Å²) in [5, 5.41) is 0. The number of nitrogens with zero attached hydrogens (tertiary/aromatic N) is 2. The van der Waals surface area contributed by atoms with Crippen molar-refractivity contribution in [2.45, 2.75) is 44.3 Å². The van der Waals surface area contributed by atoms with Gasteiger partial charge >= 0.3 is 0 Å². The Morgan fingerprint density at radius 1 is 0.778 bits per heavy atom. The van der Waals surface area contributed by atoms with Crippen molar-refractivity contribution in [1.82, 2.24) is 9.80 Å². The highest BCUT2D eigenvalue weighted by atomic mass is 16.5. The smallest absolute Gasteiger partial charge is 0.0624 e. The molecule has 4 unspecified atom stereocenters. The molecule has 18 heavy (non-hydrogen) atoms. The second-order valence-corrected chi connectivity index (χ2v) is 6.78. The van der Waals surface area contributed by atoms with Crippen LogP contribution < -0.4 is 0 Å². The summed E-state index contributed by atoms with van der Waals surface area (Å²) in [7, 11) is 0. The van der Waals surface area contributed by atoms with E-state index in [9.17, 15) is 0 Å². The van der Waals surface area contributed by atoms with E-state index in [0.717, 1.165) is 11.8 Å². The lowest BCUT2D eigenvalue weighted by Gasteiger charge is -2.28. The van der Waals surface area contributed by atoms with Crippen LogP contribution in [0, 0.1) is 11.8 Å². The van der Waals surface area contributed by atoms with Gasteiger partial charge in [0.05, 0.1) is 12.2 Å². The predicted octanol–water partition coefficient (Wildman–Crippen LogP) is 1.58. The molecule has 2 bridgehead atoms. The van der Waals surface area contributed by atoms with Gasteiger partial charge in [-0.3, -0.25) is 0 Å². The van der Waals surface area contributed by atoms with Gasteiger partial charge in [-0.05, 0) is 38.8 Å². The Labute approximate surface area is 110 Å². The maximum atomic E-state index is 6.04. The number of piperidine rings is 1. The second kappa shape index (κ2) is 4.77. The molecule has 4 saturated heterocycles. The van der Waals surface area contributed by atoms with Gasteiger partial charge < -0.3 is 14.5 Å². The van der Waals surface area contributed by atoms with Crippen LogP contribution in [-0.2, 0) is 4.74 Å². The quantitative estimate of drug-likeness (QED) is 0.756. The van der Waals surface area contributed by atoms with Gasteiger partial charge in [-0.2, -0.15) is 0 Å².